The van der Waals surface area contributed by atoms with Crippen LogP contribution >= 0.6 is 12.6 Å². The van der Waals surface area contributed by atoms with Crippen LogP contribution in [0.5, 0.6) is 0 Å². The molecule has 0 saturated carbocycles. The van der Waals surface area contributed by atoms with Crippen LogP contribution < -0.4 is 16.0 Å². The number of aliphatic carboxylic acids is 1. The minimum atomic E-state index is -1.14. The zero-order chi connectivity index (χ0) is 16.9. The lowest BCUT2D eigenvalue weighted by Gasteiger charge is -2.23. The smallest absolute Gasteiger partial charge is 0.326 e. The maximum absolute atomic E-state index is 12.1. The van der Waals surface area contributed by atoms with Crippen LogP contribution in [0, 0.1) is 5.92 Å². The van der Waals surface area contributed by atoms with Gasteiger partial charge in [0.1, 0.15) is 18.1 Å². The summed E-state index contributed by atoms with van der Waals surface area (Å²) in [5.41, 5.74) is 0. The van der Waals surface area contributed by atoms with Gasteiger partial charge in [-0.25, -0.2) is 4.79 Å². The van der Waals surface area contributed by atoms with Crippen LogP contribution in [0.1, 0.15) is 26.7 Å². The predicted octanol–water partition coefficient (Wildman–Crippen LogP) is -1.09. The van der Waals surface area contributed by atoms with Gasteiger partial charge in [0.2, 0.25) is 17.7 Å². The van der Waals surface area contributed by atoms with Crippen molar-refractivity contribution < 1.29 is 24.3 Å². The van der Waals surface area contributed by atoms with Gasteiger partial charge in [-0.2, -0.15) is 12.6 Å². The van der Waals surface area contributed by atoms with Crippen molar-refractivity contribution in [1.29, 1.82) is 0 Å². The van der Waals surface area contributed by atoms with Gasteiger partial charge in [0.15, 0.2) is 0 Å². The average Bonchev–Trinajstić information content (AvgIpc) is 2.87. The molecule has 0 aromatic carbocycles. The Bertz CT molecular complexity index is 469. The Morgan fingerprint density at radius 3 is 2.41 bits per heavy atom. The first-order valence-corrected chi connectivity index (χ1v) is 7.63. The van der Waals surface area contributed by atoms with Crippen molar-refractivity contribution in [1.82, 2.24) is 16.0 Å². The molecular formula is C13H21N3O5S. The number of carboxylic acid groups (broad SMARTS) is 1. The van der Waals surface area contributed by atoms with Gasteiger partial charge in [-0.1, -0.05) is 13.8 Å². The van der Waals surface area contributed by atoms with E-state index in [9.17, 15) is 19.2 Å². The molecule has 0 aromatic heterocycles. The topological polar surface area (TPSA) is 125 Å². The Hall–Kier alpha value is -1.77. The molecule has 1 saturated heterocycles. The van der Waals surface area contributed by atoms with Gasteiger partial charge in [-0.05, 0) is 12.3 Å². The van der Waals surface area contributed by atoms with Crippen LogP contribution in [-0.2, 0) is 19.2 Å². The van der Waals surface area contributed by atoms with Crippen LogP contribution in [0.25, 0.3) is 0 Å². The third kappa shape index (κ3) is 4.90. The molecule has 8 nitrogen and oxygen atoms in total. The molecule has 0 bridgehead atoms. The molecule has 1 aliphatic rings. The highest BCUT2D eigenvalue weighted by Gasteiger charge is 2.32. The van der Waals surface area contributed by atoms with Crippen molar-refractivity contribution in [2.75, 3.05) is 5.75 Å². The molecule has 0 aromatic rings. The molecule has 0 aliphatic carbocycles. The Morgan fingerprint density at radius 1 is 1.36 bits per heavy atom. The zero-order valence-electron chi connectivity index (χ0n) is 12.5. The summed E-state index contributed by atoms with van der Waals surface area (Å²) in [4.78, 5) is 46.2. The molecule has 124 valence electrons. The molecule has 1 rings (SSSR count). The summed E-state index contributed by atoms with van der Waals surface area (Å²) >= 11 is 4.01. The van der Waals surface area contributed by atoms with Crippen LogP contribution in [0.15, 0.2) is 0 Å². The molecule has 1 aliphatic heterocycles. The minimum Gasteiger partial charge on any atom is -0.480 e. The molecule has 1 fully saturated rings. The molecule has 1 heterocycles. The van der Waals surface area contributed by atoms with Gasteiger partial charge in [0.25, 0.3) is 0 Å². The average molecular weight is 331 g/mol. The van der Waals surface area contributed by atoms with Gasteiger partial charge in [-0.3, -0.25) is 14.4 Å². The summed E-state index contributed by atoms with van der Waals surface area (Å²) in [6, 6.07) is -2.67. The number of carbonyl (C=O) groups excluding carboxylic acids is 3. The van der Waals surface area contributed by atoms with Crippen molar-refractivity contribution in [3.63, 3.8) is 0 Å². The fourth-order valence-corrected chi connectivity index (χ4v) is 2.30. The highest BCUT2D eigenvalue weighted by molar-refractivity contribution is 7.80. The van der Waals surface area contributed by atoms with Gasteiger partial charge in [0.05, 0.1) is 0 Å². The van der Waals surface area contributed by atoms with Crippen molar-refractivity contribution in [3.05, 3.63) is 0 Å². The number of carbonyl (C=O) groups is 4. The predicted molar refractivity (Wildman–Crippen MR) is 81.4 cm³/mol. The quantitative estimate of drug-likeness (QED) is 0.379. The summed E-state index contributed by atoms with van der Waals surface area (Å²) in [7, 11) is 0. The maximum atomic E-state index is 12.1. The summed E-state index contributed by atoms with van der Waals surface area (Å²) in [5, 5.41) is 16.4. The summed E-state index contributed by atoms with van der Waals surface area (Å²) in [6.45, 7) is 3.34. The highest BCUT2D eigenvalue weighted by atomic mass is 32.1. The van der Waals surface area contributed by atoms with Crippen LogP contribution in [0.2, 0.25) is 0 Å². The van der Waals surface area contributed by atoms with E-state index in [1.165, 1.54) is 0 Å². The molecule has 0 radical (unpaired) electrons. The Kier molecular flexibility index (Phi) is 6.66. The second kappa shape index (κ2) is 8.02. The number of amides is 3. The normalized spacial score (nSPS) is 20.2. The van der Waals surface area contributed by atoms with E-state index in [1.54, 1.807) is 13.8 Å². The third-order valence-electron chi connectivity index (χ3n) is 3.36. The van der Waals surface area contributed by atoms with Crippen molar-refractivity contribution in [3.8, 4) is 0 Å². The van der Waals surface area contributed by atoms with Crippen LogP contribution in [0.4, 0.5) is 0 Å². The molecular weight excluding hydrogens is 310 g/mol. The van der Waals surface area contributed by atoms with E-state index < -0.39 is 35.9 Å². The SMILES string of the molecule is CC(C)[C@H](NC(=O)[C@H](CS)NC(=O)[C@@H]1CCC(=O)N1)C(=O)O. The van der Waals surface area contributed by atoms with Crippen molar-refractivity contribution in [2.45, 2.75) is 44.8 Å². The number of carboxylic acids is 1. The molecule has 9 heteroatoms. The lowest BCUT2D eigenvalue weighted by molar-refractivity contribution is -0.143. The number of thiol groups is 1. The molecule has 0 unspecified atom stereocenters. The fraction of sp³-hybridized carbons (Fsp3) is 0.692. The minimum absolute atomic E-state index is 0.0165. The van der Waals surface area contributed by atoms with Crippen molar-refractivity contribution >= 4 is 36.3 Å². The standard InChI is InChI=1S/C13H21N3O5S/c1-6(2)10(13(20)21)16-12(19)8(5-22)15-11(18)7-3-4-9(17)14-7/h6-8,10,22H,3-5H2,1-2H3,(H,14,17)(H,15,18)(H,16,19)(H,20,21)/t7-,8-,10-/m0/s1. The monoisotopic (exact) mass is 331 g/mol. The lowest BCUT2D eigenvalue weighted by atomic mass is 10.0. The number of rotatable bonds is 7. The first kappa shape index (κ1) is 18.3. The van der Waals surface area contributed by atoms with Gasteiger partial charge in [-0.15, -0.1) is 0 Å². The second-order valence-electron chi connectivity index (χ2n) is 5.47. The summed E-state index contributed by atoms with van der Waals surface area (Å²) in [6.07, 6.45) is 0.638. The first-order chi connectivity index (χ1) is 10.3. The van der Waals surface area contributed by atoms with Gasteiger partial charge >= 0.3 is 5.97 Å². The van der Waals surface area contributed by atoms with E-state index in [1.807, 2.05) is 0 Å². The van der Waals surface area contributed by atoms with E-state index in [-0.39, 0.29) is 24.0 Å². The van der Waals surface area contributed by atoms with Crippen molar-refractivity contribution in [2.24, 2.45) is 5.92 Å². The molecule has 3 amide bonds. The van der Waals surface area contributed by atoms with E-state index in [4.69, 9.17) is 5.11 Å². The lowest BCUT2D eigenvalue weighted by Crippen LogP contribution is -2.56. The second-order valence-corrected chi connectivity index (χ2v) is 5.84. The number of nitrogens with one attached hydrogen (secondary N) is 3. The molecule has 4 N–H and O–H groups in total. The van der Waals surface area contributed by atoms with Gasteiger partial charge in [0, 0.05) is 12.2 Å². The Morgan fingerprint density at radius 2 is 2.00 bits per heavy atom. The Labute approximate surface area is 133 Å². The fourth-order valence-electron chi connectivity index (χ4n) is 2.04. The first-order valence-electron chi connectivity index (χ1n) is 7.00. The third-order valence-corrected chi connectivity index (χ3v) is 3.72. The Balaban J connectivity index is 2.62. The number of hydrogen-bond donors (Lipinski definition) is 5. The van der Waals surface area contributed by atoms with E-state index in [2.05, 4.69) is 28.6 Å². The molecule has 22 heavy (non-hydrogen) atoms. The number of hydrogen-bond acceptors (Lipinski definition) is 5. The van der Waals surface area contributed by atoms with Gasteiger partial charge < -0.3 is 21.1 Å². The molecule has 3 atom stereocenters. The van der Waals surface area contributed by atoms with E-state index in [0.29, 0.717) is 6.42 Å². The maximum Gasteiger partial charge on any atom is 0.326 e. The molecule has 0 spiro atoms. The van der Waals surface area contributed by atoms with E-state index in [0.717, 1.165) is 0 Å². The summed E-state index contributed by atoms with van der Waals surface area (Å²) < 4.78 is 0. The zero-order valence-corrected chi connectivity index (χ0v) is 13.4. The van der Waals surface area contributed by atoms with Crippen LogP contribution in [-0.4, -0.2) is 52.7 Å². The summed E-state index contributed by atoms with van der Waals surface area (Å²) in [5.74, 6) is -2.73. The van der Waals surface area contributed by atoms with E-state index >= 15 is 0 Å². The largest absolute Gasteiger partial charge is 0.480 e. The highest BCUT2D eigenvalue weighted by Crippen LogP contribution is 2.07. The van der Waals surface area contributed by atoms with Crippen LogP contribution in [0.3, 0.4) is 0 Å².